The summed E-state index contributed by atoms with van der Waals surface area (Å²) in [5.74, 6) is -1.09. The molecule has 1 spiro atoms. The van der Waals surface area contributed by atoms with Crippen LogP contribution in [-0.2, 0) is 9.47 Å². The first-order valence-electron chi connectivity index (χ1n) is 11.2. The van der Waals surface area contributed by atoms with Gasteiger partial charge in [0.1, 0.15) is 17.5 Å². The Balaban J connectivity index is 1.07. The van der Waals surface area contributed by atoms with Crippen LogP contribution in [0.3, 0.4) is 0 Å². The number of aromatic nitrogens is 2. The Bertz CT molecular complexity index is 957. The zero-order chi connectivity index (χ0) is 21.7. The minimum Gasteiger partial charge on any atom is -0.485 e. The molecule has 10 heteroatoms. The highest BCUT2D eigenvalue weighted by molar-refractivity contribution is 5.38. The molecule has 4 aliphatic rings. The quantitative estimate of drug-likeness (QED) is 0.690. The van der Waals surface area contributed by atoms with Gasteiger partial charge in [0, 0.05) is 17.7 Å². The van der Waals surface area contributed by atoms with E-state index in [0.29, 0.717) is 37.6 Å². The number of piperidine rings is 1. The first-order chi connectivity index (χ1) is 15.6. The summed E-state index contributed by atoms with van der Waals surface area (Å²) < 4.78 is 50.4. The van der Waals surface area contributed by atoms with Crippen molar-refractivity contribution in [3.8, 4) is 5.75 Å². The van der Waals surface area contributed by atoms with Crippen LogP contribution in [0.25, 0.3) is 0 Å². The van der Waals surface area contributed by atoms with Crippen LogP contribution in [0.15, 0.2) is 22.9 Å². The van der Waals surface area contributed by atoms with Gasteiger partial charge in [-0.25, -0.2) is 8.78 Å². The van der Waals surface area contributed by atoms with Gasteiger partial charge in [-0.1, -0.05) is 5.10 Å². The third kappa shape index (κ3) is 3.64. The largest absolute Gasteiger partial charge is 0.485 e. The normalized spacial score (nSPS) is 26.3. The SMILES string of the molecule is Fc1cc(OC2COC2)c(C2CCN([C@@H]3COC4(C3)CN(c3nnco3)C4)CC2)cc1F. The molecule has 0 saturated carbocycles. The topological polar surface area (TPSA) is 73.1 Å². The van der Waals surface area contributed by atoms with Gasteiger partial charge >= 0.3 is 6.01 Å². The van der Waals surface area contributed by atoms with E-state index in [2.05, 4.69) is 15.1 Å². The first kappa shape index (κ1) is 20.3. The Morgan fingerprint density at radius 1 is 1.06 bits per heavy atom. The summed E-state index contributed by atoms with van der Waals surface area (Å²) in [5.41, 5.74) is 0.630. The van der Waals surface area contributed by atoms with Gasteiger partial charge < -0.3 is 23.5 Å². The van der Waals surface area contributed by atoms with Gasteiger partial charge in [0.15, 0.2) is 11.6 Å². The molecule has 1 aromatic carbocycles. The van der Waals surface area contributed by atoms with Crippen molar-refractivity contribution in [3.05, 3.63) is 35.7 Å². The van der Waals surface area contributed by atoms with Crippen molar-refractivity contribution in [1.82, 2.24) is 15.1 Å². The second-order valence-electron chi connectivity index (χ2n) is 9.32. The molecule has 4 fully saturated rings. The van der Waals surface area contributed by atoms with Crippen LogP contribution in [0, 0.1) is 11.6 Å². The van der Waals surface area contributed by atoms with Crippen LogP contribution in [0.1, 0.15) is 30.7 Å². The minimum absolute atomic E-state index is 0.0836. The van der Waals surface area contributed by atoms with Gasteiger partial charge in [-0.3, -0.25) is 4.90 Å². The number of benzene rings is 1. The molecule has 172 valence electrons. The van der Waals surface area contributed by atoms with Crippen LogP contribution in [-0.4, -0.2) is 78.8 Å². The van der Waals surface area contributed by atoms with Gasteiger partial charge in [-0.2, -0.15) is 0 Å². The van der Waals surface area contributed by atoms with E-state index in [-0.39, 0.29) is 17.6 Å². The van der Waals surface area contributed by atoms with Gasteiger partial charge in [-0.05, 0) is 44.3 Å². The Morgan fingerprint density at radius 2 is 1.84 bits per heavy atom. The van der Waals surface area contributed by atoms with Gasteiger partial charge in [0.25, 0.3) is 0 Å². The van der Waals surface area contributed by atoms with E-state index >= 15 is 0 Å². The number of ether oxygens (including phenoxy) is 3. The van der Waals surface area contributed by atoms with Crippen LogP contribution in [0.2, 0.25) is 0 Å². The highest BCUT2D eigenvalue weighted by Gasteiger charge is 2.52. The second-order valence-corrected chi connectivity index (χ2v) is 9.32. The average Bonchev–Trinajstić information content (AvgIpc) is 3.42. The molecule has 2 aromatic rings. The monoisotopic (exact) mass is 448 g/mol. The molecule has 32 heavy (non-hydrogen) atoms. The molecule has 0 bridgehead atoms. The van der Waals surface area contributed by atoms with Crippen molar-refractivity contribution < 1.29 is 27.4 Å². The van der Waals surface area contributed by atoms with E-state index in [4.69, 9.17) is 18.6 Å². The lowest BCUT2D eigenvalue weighted by molar-refractivity contribution is -0.0803. The Morgan fingerprint density at radius 3 is 2.53 bits per heavy atom. The van der Waals surface area contributed by atoms with Crippen LogP contribution < -0.4 is 9.64 Å². The van der Waals surface area contributed by atoms with E-state index in [1.165, 1.54) is 18.5 Å². The standard InChI is InChI=1S/C22H26F2N4O4/c23-18-5-17(20(6-19(18)24)32-16-9-29-10-16)14-1-3-27(4-2-14)15-7-22(31-8-15)11-28(12-22)21-26-25-13-30-21/h5-6,13-16H,1-4,7-12H2/t15-/m0/s1. The van der Waals surface area contributed by atoms with E-state index < -0.39 is 11.6 Å². The van der Waals surface area contributed by atoms with Crippen LogP contribution in [0.4, 0.5) is 14.8 Å². The van der Waals surface area contributed by atoms with Crippen molar-refractivity contribution in [2.24, 2.45) is 0 Å². The number of hydrogen-bond acceptors (Lipinski definition) is 8. The average molecular weight is 448 g/mol. The molecular formula is C22H26F2N4O4. The lowest BCUT2D eigenvalue weighted by atomic mass is 9.86. The van der Waals surface area contributed by atoms with E-state index in [1.807, 2.05) is 4.90 Å². The molecule has 6 rings (SSSR count). The van der Waals surface area contributed by atoms with Crippen molar-refractivity contribution in [2.75, 3.05) is 50.9 Å². The van der Waals surface area contributed by atoms with Crippen LogP contribution in [0.5, 0.6) is 5.75 Å². The molecule has 0 amide bonds. The minimum atomic E-state index is -0.870. The maximum atomic E-state index is 14.0. The predicted octanol–water partition coefficient (Wildman–Crippen LogP) is 2.35. The maximum Gasteiger partial charge on any atom is 0.318 e. The first-order valence-corrected chi connectivity index (χ1v) is 11.2. The Labute approximate surface area is 184 Å². The number of hydrogen-bond donors (Lipinski definition) is 0. The molecule has 0 radical (unpaired) electrons. The smallest absolute Gasteiger partial charge is 0.318 e. The van der Waals surface area contributed by atoms with E-state index in [9.17, 15) is 8.78 Å². The van der Waals surface area contributed by atoms with Crippen molar-refractivity contribution in [3.63, 3.8) is 0 Å². The lowest BCUT2D eigenvalue weighted by Gasteiger charge is -2.46. The molecule has 0 N–H and O–H groups in total. The molecule has 1 atom stereocenters. The van der Waals surface area contributed by atoms with Crippen LogP contribution >= 0.6 is 0 Å². The third-order valence-corrected chi connectivity index (χ3v) is 7.21. The zero-order valence-electron chi connectivity index (χ0n) is 17.7. The molecule has 8 nitrogen and oxygen atoms in total. The maximum absolute atomic E-state index is 14.0. The fourth-order valence-corrected chi connectivity index (χ4v) is 5.37. The fourth-order valence-electron chi connectivity index (χ4n) is 5.37. The molecule has 0 unspecified atom stereocenters. The summed E-state index contributed by atoms with van der Waals surface area (Å²) in [6, 6.07) is 3.42. The zero-order valence-corrected chi connectivity index (χ0v) is 17.7. The number of nitrogens with zero attached hydrogens (tertiary/aromatic N) is 4. The predicted molar refractivity (Wildman–Crippen MR) is 109 cm³/mol. The fraction of sp³-hybridized carbons (Fsp3) is 0.636. The highest BCUT2D eigenvalue weighted by Crippen LogP contribution is 2.41. The molecule has 1 aromatic heterocycles. The Hall–Kier alpha value is -2.30. The van der Waals surface area contributed by atoms with E-state index in [0.717, 1.165) is 51.0 Å². The summed E-state index contributed by atoms with van der Waals surface area (Å²) in [7, 11) is 0. The molecule has 4 aliphatic heterocycles. The molecule has 5 heterocycles. The van der Waals surface area contributed by atoms with Crippen molar-refractivity contribution in [2.45, 2.75) is 42.9 Å². The number of likely N-dealkylation sites (tertiary alicyclic amines) is 1. The number of anilines is 1. The molecule has 4 saturated heterocycles. The summed E-state index contributed by atoms with van der Waals surface area (Å²) >= 11 is 0. The Kier molecular flexibility index (Phi) is 5.03. The van der Waals surface area contributed by atoms with Gasteiger partial charge in [0.2, 0.25) is 6.39 Å². The summed E-state index contributed by atoms with van der Waals surface area (Å²) in [4.78, 5) is 4.51. The lowest BCUT2D eigenvalue weighted by Crippen LogP contribution is -2.62. The second kappa shape index (κ2) is 7.93. The number of rotatable bonds is 5. The van der Waals surface area contributed by atoms with Crippen molar-refractivity contribution in [1.29, 1.82) is 0 Å². The van der Waals surface area contributed by atoms with Gasteiger partial charge in [-0.15, -0.1) is 5.10 Å². The third-order valence-electron chi connectivity index (χ3n) is 7.21. The molecular weight excluding hydrogens is 422 g/mol. The summed E-state index contributed by atoms with van der Waals surface area (Å²) in [6.07, 6.45) is 3.98. The molecule has 0 aliphatic carbocycles. The summed E-state index contributed by atoms with van der Waals surface area (Å²) in [6.45, 7) is 5.02. The van der Waals surface area contributed by atoms with E-state index in [1.54, 1.807) is 0 Å². The van der Waals surface area contributed by atoms with Crippen molar-refractivity contribution >= 4 is 6.01 Å². The summed E-state index contributed by atoms with van der Waals surface area (Å²) in [5, 5.41) is 7.69. The number of halogens is 2. The highest BCUT2D eigenvalue weighted by atomic mass is 19.2. The van der Waals surface area contributed by atoms with Gasteiger partial charge in [0.05, 0.1) is 32.9 Å².